The van der Waals surface area contributed by atoms with Crippen LogP contribution in [0, 0.1) is 17.8 Å². The van der Waals surface area contributed by atoms with Crippen LogP contribution in [0.4, 0.5) is 4.79 Å². The third-order valence-electron chi connectivity index (χ3n) is 8.72. The molecule has 1 atom stereocenters. The van der Waals surface area contributed by atoms with Crippen LogP contribution in [0.15, 0.2) is 29.8 Å². The average molecular weight is 479 g/mol. The Morgan fingerprint density at radius 1 is 1.06 bits per heavy atom. The zero-order chi connectivity index (χ0) is 24.7. The highest BCUT2D eigenvalue weighted by atomic mass is 16.6. The van der Waals surface area contributed by atoms with Crippen LogP contribution >= 0.6 is 0 Å². The Hall–Kier alpha value is -2.30. The molecule has 5 nitrogen and oxygen atoms in total. The van der Waals surface area contributed by atoms with Gasteiger partial charge in [0, 0.05) is 26.1 Å². The predicted octanol–water partition coefficient (Wildman–Crippen LogP) is 6.07. The number of carbonyl (C=O) groups excluding carboxylic acids is 2. The van der Waals surface area contributed by atoms with Crippen LogP contribution in [-0.4, -0.2) is 53.6 Å². The molecule has 5 rings (SSSR count). The highest BCUT2D eigenvalue weighted by Crippen LogP contribution is 2.47. The van der Waals surface area contributed by atoms with Crippen LogP contribution in [0.5, 0.6) is 0 Å². The van der Waals surface area contributed by atoms with Gasteiger partial charge in [-0.1, -0.05) is 30.7 Å². The summed E-state index contributed by atoms with van der Waals surface area (Å²) < 4.78 is 5.51. The normalized spacial score (nSPS) is 26.6. The standard InChI is InChI=1S/C30H42N2O3/c1-30(2,3)35-29(34)31(4)19-20-12-14-22(15-13-20)28(33)32-17-16-25-24-11-6-5-8-23(24)18-26(25)27(32)21-9-7-10-21/h5-6,8,11,20-22,27H,7,9-10,12-19H2,1-4H3. The van der Waals surface area contributed by atoms with E-state index in [2.05, 4.69) is 29.2 Å². The fourth-order valence-corrected chi connectivity index (χ4v) is 6.76. The quantitative estimate of drug-likeness (QED) is 0.528. The van der Waals surface area contributed by atoms with Crippen molar-refractivity contribution < 1.29 is 14.3 Å². The molecular formula is C30H42N2O3. The van der Waals surface area contributed by atoms with Crippen LogP contribution in [0.1, 0.15) is 83.3 Å². The lowest BCUT2D eigenvalue weighted by atomic mass is 9.73. The Labute approximate surface area is 210 Å². The molecule has 0 N–H and O–H groups in total. The van der Waals surface area contributed by atoms with E-state index in [0.717, 1.165) is 45.1 Å². The monoisotopic (exact) mass is 478 g/mol. The first kappa shape index (κ1) is 24.4. The maximum Gasteiger partial charge on any atom is 0.410 e. The summed E-state index contributed by atoms with van der Waals surface area (Å²) in [5.41, 5.74) is 5.49. The summed E-state index contributed by atoms with van der Waals surface area (Å²) in [6, 6.07) is 9.17. The predicted molar refractivity (Wildman–Crippen MR) is 139 cm³/mol. The van der Waals surface area contributed by atoms with E-state index in [-0.39, 0.29) is 12.0 Å². The molecule has 5 heteroatoms. The highest BCUT2D eigenvalue weighted by Gasteiger charge is 2.44. The summed E-state index contributed by atoms with van der Waals surface area (Å²) in [5.74, 6) is 1.60. The van der Waals surface area contributed by atoms with Crippen molar-refractivity contribution in [1.29, 1.82) is 0 Å². The zero-order valence-corrected chi connectivity index (χ0v) is 22.0. The molecule has 190 valence electrons. The first-order valence-corrected chi connectivity index (χ1v) is 13.8. The Morgan fingerprint density at radius 3 is 2.43 bits per heavy atom. The summed E-state index contributed by atoms with van der Waals surface area (Å²) in [5, 5.41) is 0. The highest BCUT2D eigenvalue weighted by molar-refractivity contribution is 5.84. The molecule has 1 unspecified atom stereocenters. The Kier molecular flexibility index (Phi) is 6.71. The van der Waals surface area contributed by atoms with Crippen LogP contribution in [0.2, 0.25) is 0 Å². The minimum absolute atomic E-state index is 0.131. The van der Waals surface area contributed by atoms with Gasteiger partial charge in [0.05, 0.1) is 6.04 Å². The minimum Gasteiger partial charge on any atom is -0.444 e. The number of rotatable bonds is 4. The van der Waals surface area contributed by atoms with Crippen LogP contribution < -0.4 is 0 Å². The van der Waals surface area contributed by atoms with Gasteiger partial charge < -0.3 is 14.5 Å². The van der Waals surface area contributed by atoms with E-state index in [1.54, 1.807) is 10.5 Å². The average Bonchev–Trinajstić information content (AvgIpc) is 3.16. The molecule has 0 bridgehead atoms. The SMILES string of the molecule is CN(CC1CCC(C(=O)N2CCC3=C(Cc4ccccc43)C2C2CCC2)CC1)C(=O)OC(C)(C)C. The fourth-order valence-electron chi connectivity index (χ4n) is 6.76. The number of nitrogens with zero attached hydrogens (tertiary/aromatic N) is 2. The minimum atomic E-state index is -0.475. The first-order chi connectivity index (χ1) is 16.7. The molecule has 0 radical (unpaired) electrons. The Morgan fingerprint density at radius 2 is 1.77 bits per heavy atom. The maximum absolute atomic E-state index is 13.9. The molecule has 35 heavy (non-hydrogen) atoms. The number of benzene rings is 1. The van der Waals surface area contributed by atoms with E-state index >= 15 is 0 Å². The van der Waals surface area contributed by atoms with Gasteiger partial charge in [-0.3, -0.25) is 4.79 Å². The lowest BCUT2D eigenvalue weighted by molar-refractivity contribution is -0.140. The van der Waals surface area contributed by atoms with E-state index < -0.39 is 5.60 Å². The summed E-state index contributed by atoms with van der Waals surface area (Å²) in [4.78, 5) is 30.2. The van der Waals surface area contributed by atoms with Crippen molar-refractivity contribution in [1.82, 2.24) is 9.80 Å². The van der Waals surface area contributed by atoms with Gasteiger partial charge in [0.15, 0.2) is 0 Å². The molecule has 2 saturated carbocycles. The Bertz CT molecular complexity index is 995. The summed E-state index contributed by atoms with van der Waals surface area (Å²) in [6.45, 7) is 7.27. The Balaban J connectivity index is 1.21. The molecule has 2 fully saturated rings. The molecule has 1 heterocycles. The smallest absolute Gasteiger partial charge is 0.410 e. The van der Waals surface area contributed by atoms with E-state index in [1.165, 1.54) is 36.0 Å². The number of fused-ring (bicyclic) bond motifs is 2. The van der Waals surface area contributed by atoms with E-state index in [0.29, 0.717) is 30.3 Å². The molecule has 0 saturated heterocycles. The second-order valence-electron chi connectivity index (χ2n) is 12.3. The number of amides is 2. The van der Waals surface area contributed by atoms with E-state index in [1.807, 2.05) is 27.8 Å². The van der Waals surface area contributed by atoms with E-state index in [4.69, 9.17) is 4.74 Å². The van der Waals surface area contributed by atoms with Gasteiger partial charge in [-0.15, -0.1) is 0 Å². The number of hydrogen-bond donors (Lipinski definition) is 0. The third-order valence-corrected chi connectivity index (χ3v) is 8.72. The van der Waals surface area contributed by atoms with Crippen molar-refractivity contribution in [2.45, 2.75) is 90.2 Å². The van der Waals surface area contributed by atoms with Gasteiger partial charge in [0.2, 0.25) is 5.91 Å². The van der Waals surface area contributed by atoms with Crippen LogP contribution in [0.25, 0.3) is 5.57 Å². The molecule has 4 aliphatic rings. The van der Waals surface area contributed by atoms with Crippen LogP contribution in [-0.2, 0) is 16.0 Å². The number of ether oxygens (including phenoxy) is 1. The second kappa shape index (κ2) is 9.63. The van der Waals surface area contributed by atoms with Gasteiger partial charge in [-0.05, 0) is 106 Å². The lowest BCUT2D eigenvalue weighted by Crippen LogP contribution is -2.52. The number of hydrogen-bond acceptors (Lipinski definition) is 3. The van der Waals surface area contributed by atoms with Crippen molar-refractivity contribution >= 4 is 17.6 Å². The third kappa shape index (κ3) is 5.01. The van der Waals surface area contributed by atoms with Gasteiger partial charge in [-0.2, -0.15) is 0 Å². The zero-order valence-electron chi connectivity index (χ0n) is 22.0. The largest absolute Gasteiger partial charge is 0.444 e. The van der Waals surface area contributed by atoms with Crippen molar-refractivity contribution in [3.63, 3.8) is 0 Å². The molecule has 0 aromatic heterocycles. The van der Waals surface area contributed by atoms with E-state index in [9.17, 15) is 9.59 Å². The number of carbonyl (C=O) groups is 2. The van der Waals surface area contributed by atoms with Gasteiger partial charge in [-0.25, -0.2) is 4.79 Å². The van der Waals surface area contributed by atoms with Crippen LogP contribution in [0.3, 0.4) is 0 Å². The van der Waals surface area contributed by atoms with Gasteiger partial charge >= 0.3 is 6.09 Å². The summed E-state index contributed by atoms with van der Waals surface area (Å²) in [6.07, 6.45) is 9.46. The molecule has 1 aromatic carbocycles. The lowest BCUT2D eigenvalue weighted by Gasteiger charge is -2.46. The van der Waals surface area contributed by atoms with Gasteiger partial charge in [0.25, 0.3) is 0 Å². The van der Waals surface area contributed by atoms with Crippen molar-refractivity contribution in [3.8, 4) is 0 Å². The molecular weight excluding hydrogens is 436 g/mol. The second-order valence-corrected chi connectivity index (χ2v) is 12.3. The summed E-state index contributed by atoms with van der Waals surface area (Å²) >= 11 is 0. The molecule has 2 amide bonds. The molecule has 1 aromatic rings. The van der Waals surface area contributed by atoms with Crippen molar-refractivity contribution in [2.24, 2.45) is 17.8 Å². The fraction of sp³-hybridized carbons (Fsp3) is 0.667. The molecule has 1 aliphatic heterocycles. The molecule has 3 aliphatic carbocycles. The summed E-state index contributed by atoms with van der Waals surface area (Å²) in [7, 11) is 1.83. The van der Waals surface area contributed by atoms with Crippen molar-refractivity contribution in [3.05, 3.63) is 41.0 Å². The molecule has 0 spiro atoms. The first-order valence-electron chi connectivity index (χ1n) is 13.8. The van der Waals surface area contributed by atoms with Crippen molar-refractivity contribution in [2.75, 3.05) is 20.1 Å². The maximum atomic E-state index is 13.9. The van der Waals surface area contributed by atoms with Gasteiger partial charge in [0.1, 0.15) is 5.60 Å². The topological polar surface area (TPSA) is 49.9 Å².